The Labute approximate surface area is 193 Å². The van der Waals surface area contributed by atoms with Crippen molar-refractivity contribution in [2.24, 2.45) is 7.05 Å². The summed E-state index contributed by atoms with van der Waals surface area (Å²) in [6, 6.07) is 18.0. The monoisotopic (exact) mass is 457 g/mol. The zero-order chi connectivity index (χ0) is 24.0. The maximum atomic E-state index is 13.6. The van der Waals surface area contributed by atoms with Crippen molar-refractivity contribution >= 4 is 16.9 Å². The van der Waals surface area contributed by atoms with E-state index in [0.717, 1.165) is 10.1 Å². The molecule has 9 heteroatoms. The molecule has 2 aromatic carbocycles. The number of benzene rings is 2. The largest absolute Gasteiger partial charge is 0.494 e. The summed E-state index contributed by atoms with van der Waals surface area (Å²) in [5, 5.41) is 11.2. The van der Waals surface area contributed by atoms with E-state index in [9.17, 15) is 19.5 Å². The van der Waals surface area contributed by atoms with Crippen LogP contribution >= 0.6 is 0 Å². The summed E-state index contributed by atoms with van der Waals surface area (Å²) in [5.41, 5.74) is 0.00370. The molecule has 5 aromatic rings. The number of aryl methyl sites for hydroxylation is 1. The highest BCUT2D eigenvalue weighted by Gasteiger charge is 2.25. The van der Waals surface area contributed by atoms with E-state index >= 15 is 0 Å². The van der Waals surface area contributed by atoms with E-state index in [0.29, 0.717) is 18.5 Å². The van der Waals surface area contributed by atoms with Gasteiger partial charge in [-0.3, -0.25) is 18.7 Å². The van der Waals surface area contributed by atoms with Gasteiger partial charge in [0.1, 0.15) is 0 Å². The molecule has 0 saturated heterocycles. The quantitative estimate of drug-likeness (QED) is 0.436. The average molecular weight is 457 g/mol. The molecule has 0 aliphatic heterocycles. The predicted molar refractivity (Wildman–Crippen MR) is 129 cm³/mol. The average Bonchev–Trinajstić information content (AvgIpc) is 3.26. The Balaban J connectivity index is 1.95. The van der Waals surface area contributed by atoms with Crippen LogP contribution in [0.15, 0.2) is 75.0 Å². The van der Waals surface area contributed by atoms with Crippen molar-refractivity contribution in [3.63, 3.8) is 0 Å². The fraction of sp³-hybridized carbons (Fsp3) is 0.200. The highest BCUT2D eigenvalue weighted by atomic mass is 16.3. The Bertz CT molecular complexity index is 1710. The first-order valence-corrected chi connectivity index (χ1v) is 11.0. The van der Waals surface area contributed by atoms with Gasteiger partial charge in [0, 0.05) is 7.05 Å². The maximum absolute atomic E-state index is 13.6. The van der Waals surface area contributed by atoms with E-state index in [4.69, 9.17) is 0 Å². The Morgan fingerprint density at radius 3 is 2.21 bits per heavy atom. The number of imidazole rings is 1. The fourth-order valence-electron chi connectivity index (χ4n) is 4.30. The first kappa shape index (κ1) is 21.4. The minimum absolute atomic E-state index is 0.0256. The van der Waals surface area contributed by atoms with Crippen LogP contribution in [0.1, 0.15) is 24.5 Å². The minimum Gasteiger partial charge on any atom is -0.494 e. The number of aromatic nitrogens is 5. The smallest absolute Gasteiger partial charge is 0.337 e. The molecule has 5 rings (SSSR count). The van der Waals surface area contributed by atoms with Crippen LogP contribution in [0.4, 0.5) is 0 Å². The number of aromatic hydroxyl groups is 1. The van der Waals surface area contributed by atoms with Crippen molar-refractivity contribution in [3.8, 4) is 11.6 Å². The molecule has 9 nitrogen and oxygen atoms in total. The Morgan fingerprint density at radius 1 is 0.912 bits per heavy atom. The van der Waals surface area contributed by atoms with Gasteiger partial charge >= 0.3 is 5.69 Å². The molecule has 0 radical (unpaired) electrons. The van der Waals surface area contributed by atoms with Crippen LogP contribution in [0, 0.1) is 0 Å². The number of nitrogens with zero attached hydrogens (tertiary/aromatic N) is 5. The van der Waals surface area contributed by atoms with Crippen LogP contribution in [0.2, 0.25) is 0 Å². The van der Waals surface area contributed by atoms with Gasteiger partial charge in [0.15, 0.2) is 11.2 Å². The number of hydrogen-bond donors (Lipinski definition) is 1. The summed E-state index contributed by atoms with van der Waals surface area (Å²) >= 11 is 0. The second kappa shape index (κ2) is 8.18. The van der Waals surface area contributed by atoms with Crippen molar-refractivity contribution < 1.29 is 5.11 Å². The molecule has 0 spiro atoms. The summed E-state index contributed by atoms with van der Waals surface area (Å²) in [5.74, 6) is -0.233. The highest BCUT2D eigenvalue weighted by molar-refractivity contribution is 5.77. The zero-order valence-corrected chi connectivity index (χ0v) is 18.8. The number of hydrogen-bond acceptors (Lipinski definition) is 5. The molecule has 0 amide bonds. The van der Waals surface area contributed by atoms with Crippen molar-refractivity contribution in [2.45, 2.75) is 26.3 Å². The molecule has 0 saturated carbocycles. The van der Waals surface area contributed by atoms with Crippen LogP contribution in [0.3, 0.4) is 0 Å². The Kier molecular flexibility index (Phi) is 5.16. The molecule has 0 unspecified atom stereocenters. The number of para-hydroxylation sites is 1. The highest BCUT2D eigenvalue weighted by Crippen LogP contribution is 2.23. The molecule has 0 bridgehead atoms. The lowest BCUT2D eigenvalue weighted by Gasteiger charge is -2.13. The van der Waals surface area contributed by atoms with Crippen LogP contribution in [0.25, 0.3) is 22.6 Å². The van der Waals surface area contributed by atoms with Gasteiger partial charge in [-0.25, -0.2) is 13.8 Å². The van der Waals surface area contributed by atoms with Crippen molar-refractivity contribution in [1.29, 1.82) is 0 Å². The first-order chi connectivity index (χ1) is 16.4. The lowest BCUT2D eigenvalue weighted by atomic mass is 10.1. The first-order valence-electron chi connectivity index (χ1n) is 11.0. The van der Waals surface area contributed by atoms with Crippen LogP contribution < -0.4 is 16.8 Å². The van der Waals surface area contributed by atoms with Crippen LogP contribution in [0.5, 0.6) is 5.88 Å². The summed E-state index contributed by atoms with van der Waals surface area (Å²) < 4.78 is 5.04. The minimum atomic E-state index is -0.626. The third-order valence-corrected chi connectivity index (χ3v) is 5.97. The zero-order valence-electron chi connectivity index (χ0n) is 18.8. The van der Waals surface area contributed by atoms with E-state index in [1.54, 1.807) is 30.3 Å². The van der Waals surface area contributed by atoms with Gasteiger partial charge in [-0.05, 0) is 24.1 Å². The third-order valence-electron chi connectivity index (χ3n) is 5.97. The van der Waals surface area contributed by atoms with Gasteiger partial charge < -0.3 is 5.11 Å². The van der Waals surface area contributed by atoms with Gasteiger partial charge in [-0.1, -0.05) is 61.9 Å². The molecular formula is C25H23N5O4. The van der Waals surface area contributed by atoms with Gasteiger partial charge in [-0.2, -0.15) is 4.98 Å². The number of rotatable bonds is 5. The molecule has 3 aromatic heterocycles. The second-order valence-corrected chi connectivity index (χ2v) is 8.17. The topological polar surface area (TPSA) is 104 Å². The van der Waals surface area contributed by atoms with Crippen LogP contribution in [-0.2, 0) is 20.0 Å². The van der Waals surface area contributed by atoms with Crippen molar-refractivity contribution in [2.75, 3.05) is 0 Å². The predicted octanol–water partition coefficient (Wildman–Crippen LogP) is 2.21. The van der Waals surface area contributed by atoms with E-state index in [2.05, 4.69) is 4.98 Å². The SMILES string of the molecule is CCCc1c(O)n2c3c(=O)n(-c4ccccc4)c(=O)n(C)c3nc2n(Cc2ccccc2)c1=O. The fourth-order valence-corrected chi connectivity index (χ4v) is 4.30. The lowest BCUT2D eigenvalue weighted by molar-refractivity contribution is 0.433. The van der Waals surface area contributed by atoms with Crippen molar-refractivity contribution in [3.05, 3.63) is 103 Å². The van der Waals surface area contributed by atoms with Gasteiger partial charge in [0.05, 0.1) is 17.8 Å². The molecular weight excluding hydrogens is 434 g/mol. The summed E-state index contributed by atoms with van der Waals surface area (Å²) in [6.07, 6.45) is 0.951. The molecule has 172 valence electrons. The van der Waals surface area contributed by atoms with Gasteiger partial charge in [0.2, 0.25) is 11.7 Å². The standard InChI is InChI=1S/C25H23N5O4/c1-3-10-18-21(31)28(15-16-11-6-4-7-12-16)24-26-20-19(30(24)22(18)32)23(33)29(25(34)27(20)2)17-13-8-5-9-14-17/h4-9,11-14,32H,3,10,15H2,1-2H3. The molecule has 0 fully saturated rings. The maximum Gasteiger partial charge on any atom is 0.337 e. The Hall–Kier alpha value is -4.40. The second-order valence-electron chi connectivity index (χ2n) is 8.17. The summed E-state index contributed by atoms with van der Waals surface area (Å²) in [6.45, 7) is 2.10. The third kappa shape index (κ3) is 3.16. The van der Waals surface area contributed by atoms with Crippen molar-refractivity contribution in [1.82, 2.24) is 23.1 Å². The summed E-state index contributed by atoms with van der Waals surface area (Å²) in [7, 11) is 1.51. The normalized spacial score (nSPS) is 11.5. The van der Waals surface area contributed by atoms with E-state index in [1.165, 1.54) is 20.6 Å². The van der Waals surface area contributed by atoms with E-state index in [-0.39, 0.29) is 40.5 Å². The van der Waals surface area contributed by atoms with Gasteiger partial charge in [0.25, 0.3) is 11.1 Å². The van der Waals surface area contributed by atoms with E-state index < -0.39 is 11.2 Å². The van der Waals surface area contributed by atoms with E-state index in [1.807, 2.05) is 37.3 Å². The lowest BCUT2D eigenvalue weighted by Crippen LogP contribution is -2.38. The van der Waals surface area contributed by atoms with Crippen LogP contribution in [-0.4, -0.2) is 28.2 Å². The Morgan fingerprint density at radius 2 is 1.56 bits per heavy atom. The molecule has 34 heavy (non-hydrogen) atoms. The molecule has 1 N–H and O–H groups in total. The summed E-state index contributed by atoms with van der Waals surface area (Å²) in [4.78, 5) is 44.7. The van der Waals surface area contributed by atoms with Gasteiger partial charge in [-0.15, -0.1) is 0 Å². The molecule has 3 heterocycles. The molecule has 0 aliphatic carbocycles. The number of fused-ring (bicyclic) bond motifs is 3. The molecule has 0 atom stereocenters. The molecule has 0 aliphatic rings.